The number of rotatable bonds is 8. The number of hydrogen-bond donors (Lipinski definition) is 0. The van der Waals surface area contributed by atoms with E-state index in [1.165, 1.54) is 7.11 Å². The summed E-state index contributed by atoms with van der Waals surface area (Å²) in [5.41, 5.74) is 0.973. The number of nitrogens with zero attached hydrogens (tertiary/aromatic N) is 2. The van der Waals surface area contributed by atoms with Crippen molar-refractivity contribution in [3.05, 3.63) is 23.8 Å². The molecule has 0 spiro atoms. The van der Waals surface area contributed by atoms with Crippen LogP contribution in [0.5, 0.6) is 5.75 Å². The van der Waals surface area contributed by atoms with Crippen molar-refractivity contribution in [3.63, 3.8) is 0 Å². The fourth-order valence-corrected chi connectivity index (χ4v) is 5.12. The van der Waals surface area contributed by atoms with Gasteiger partial charge >= 0.3 is 0 Å². The molecule has 0 amide bonds. The van der Waals surface area contributed by atoms with Crippen LogP contribution < -0.4 is 4.74 Å². The molecule has 0 aliphatic carbocycles. The molecule has 0 atom stereocenters. The summed E-state index contributed by atoms with van der Waals surface area (Å²) >= 11 is 0. The molecule has 1 fully saturated rings. The van der Waals surface area contributed by atoms with E-state index >= 15 is 0 Å². The minimum Gasteiger partial charge on any atom is -0.495 e. The SMILES string of the molecule is COCCCN(C1CCN(C)CC1)S(=O)(=O)c1ccc(C)cc1OC. The molecule has 1 aliphatic rings. The zero-order valence-electron chi connectivity index (χ0n) is 15.7. The summed E-state index contributed by atoms with van der Waals surface area (Å²) in [6.07, 6.45) is 2.37. The van der Waals surface area contributed by atoms with Crippen LogP contribution in [0, 0.1) is 6.92 Å². The highest BCUT2D eigenvalue weighted by Gasteiger charge is 2.34. The van der Waals surface area contributed by atoms with Gasteiger partial charge < -0.3 is 14.4 Å². The molecule has 0 bridgehead atoms. The summed E-state index contributed by atoms with van der Waals surface area (Å²) in [7, 11) is 1.60. The Hall–Kier alpha value is -1.15. The lowest BCUT2D eigenvalue weighted by Gasteiger charge is -2.36. The molecular weight excluding hydrogens is 340 g/mol. The summed E-state index contributed by atoms with van der Waals surface area (Å²) in [5.74, 6) is 0.407. The standard InChI is InChI=1S/C18H30N2O4S/c1-15-6-7-18(17(14-15)24-4)25(21,22)20(10-5-13-23-3)16-8-11-19(2)12-9-16/h6-7,14,16H,5,8-13H2,1-4H3. The lowest BCUT2D eigenvalue weighted by molar-refractivity contribution is 0.157. The first kappa shape index (κ1) is 20.2. The number of ether oxygens (including phenoxy) is 2. The van der Waals surface area contributed by atoms with Crippen molar-refractivity contribution < 1.29 is 17.9 Å². The molecule has 1 aromatic carbocycles. The van der Waals surface area contributed by atoms with Crippen LogP contribution in [0.4, 0.5) is 0 Å². The second kappa shape index (κ2) is 8.98. The second-order valence-electron chi connectivity index (χ2n) is 6.65. The Bertz CT molecular complexity index is 655. The van der Waals surface area contributed by atoms with Gasteiger partial charge in [0, 0.05) is 26.3 Å². The van der Waals surface area contributed by atoms with Crippen LogP contribution in [0.2, 0.25) is 0 Å². The van der Waals surface area contributed by atoms with Gasteiger partial charge in [0.2, 0.25) is 10.0 Å². The van der Waals surface area contributed by atoms with Crippen LogP contribution in [-0.2, 0) is 14.8 Å². The molecular formula is C18H30N2O4S. The molecule has 0 saturated carbocycles. The van der Waals surface area contributed by atoms with E-state index in [1.807, 2.05) is 13.0 Å². The Morgan fingerprint density at radius 1 is 1.24 bits per heavy atom. The molecule has 0 N–H and O–H groups in total. The lowest BCUT2D eigenvalue weighted by atomic mass is 10.1. The minimum absolute atomic E-state index is 0.0177. The lowest BCUT2D eigenvalue weighted by Crippen LogP contribution is -2.47. The largest absolute Gasteiger partial charge is 0.495 e. The normalized spacial score (nSPS) is 17.2. The maximum atomic E-state index is 13.4. The quantitative estimate of drug-likeness (QED) is 0.656. The van der Waals surface area contributed by atoms with Gasteiger partial charge in [-0.2, -0.15) is 4.31 Å². The van der Waals surface area contributed by atoms with Crippen molar-refractivity contribution in [1.82, 2.24) is 9.21 Å². The average molecular weight is 371 g/mol. The molecule has 6 nitrogen and oxygen atoms in total. The number of piperidine rings is 1. The second-order valence-corrected chi connectivity index (χ2v) is 8.51. The van der Waals surface area contributed by atoms with E-state index in [9.17, 15) is 8.42 Å². The Balaban J connectivity index is 2.33. The first-order valence-electron chi connectivity index (χ1n) is 8.74. The number of aryl methyl sites for hydroxylation is 1. The molecule has 1 aliphatic heterocycles. The summed E-state index contributed by atoms with van der Waals surface area (Å²) in [4.78, 5) is 2.49. The van der Waals surface area contributed by atoms with Gasteiger partial charge in [0.05, 0.1) is 7.11 Å². The number of benzene rings is 1. The van der Waals surface area contributed by atoms with Crippen LogP contribution >= 0.6 is 0 Å². The predicted molar refractivity (Wildman–Crippen MR) is 98.6 cm³/mol. The van der Waals surface area contributed by atoms with Crippen molar-refractivity contribution >= 4 is 10.0 Å². The molecule has 0 aromatic heterocycles. The summed E-state index contributed by atoms with van der Waals surface area (Å²) in [6.45, 7) is 4.75. The van der Waals surface area contributed by atoms with Gasteiger partial charge in [-0.25, -0.2) is 8.42 Å². The predicted octanol–water partition coefficient (Wildman–Crippen LogP) is 2.13. The molecule has 2 rings (SSSR count). The Kier molecular flexibility index (Phi) is 7.25. The van der Waals surface area contributed by atoms with E-state index < -0.39 is 10.0 Å². The van der Waals surface area contributed by atoms with Gasteiger partial charge in [-0.15, -0.1) is 0 Å². The highest BCUT2D eigenvalue weighted by molar-refractivity contribution is 7.89. The molecule has 0 unspecified atom stereocenters. The summed E-state index contributed by atoms with van der Waals surface area (Å²) < 4.78 is 38.9. The molecule has 1 heterocycles. The fourth-order valence-electron chi connectivity index (χ4n) is 3.26. The van der Waals surface area contributed by atoms with Gasteiger partial charge in [0.15, 0.2) is 0 Å². The molecule has 0 radical (unpaired) electrons. The third-order valence-electron chi connectivity index (χ3n) is 4.73. The van der Waals surface area contributed by atoms with Crippen LogP contribution in [0.1, 0.15) is 24.8 Å². The zero-order valence-corrected chi connectivity index (χ0v) is 16.5. The van der Waals surface area contributed by atoms with E-state index in [-0.39, 0.29) is 10.9 Å². The average Bonchev–Trinajstić information content (AvgIpc) is 2.59. The van der Waals surface area contributed by atoms with Crippen LogP contribution in [-0.4, -0.2) is 71.2 Å². The van der Waals surface area contributed by atoms with Crippen molar-refractivity contribution in [2.75, 3.05) is 47.5 Å². The molecule has 7 heteroatoms. The van der Waals surface area contributed by atoms with Gasteiger partial charge in [0.1, 0.15) is 10.6 Å². The molecule has 142 valence electrons. The topological polar surface area (TPSA) is 59.1 Å². The van der Waals surface area contributed by atoms with Gasteiger partial charge in [0.25, 0.3) is 0 Å². The number of sulfonamides is 1. The van der Waals surface area contributed by atoms with Crippen LogP contribution in [0.3, 0.4) is 0 Å². The maximum Gasteiger partial charge on any atom is 0.247 e. The van der Waals surface area contributed by atoms with Crippen molar-refractivity contribution in [2.45, 2.75) is 37.1 Å². The van der Waals surface area contributed by atoms with Crippen LogP contribution in [0.15, 0.2) is 23.1 Å². The fraction of sp³-hybridized carbons (Fsp3) is 0.667. The first-order chi connectivity index (χ1) is 11.9. The minimum atomic E-state index is -3.62. The highest BCUT2D eigenvalue weighted by atomic mass is 32.2. The van der Waals surface area contributed by atoms with Crippen molar-refractivity contribution in [1.29, 1.82) is 0 Å². The smallest absolute Gasteiger partial charge is 0.247 e. The van der Waals surface area contributed by atoms with E-state index in [0.717, 1.165) is 31.5 Å². The third kappa shape index (κ3) is 4.94. The van der Waals surface area contributed by atoms with Gasteiger partial charge in [-0.3, -0.25) is 0 Å². The van der Waals surface area contributed by atoms with Crippen molar-refractivity contribution in [3.8, 4) is 5.75 Å². The Morgan fingerprint density at radius 3 is 2.52 bits per heavy atom. The van der Waals surface area contributed by atoms with Crippen molar-refractivity contribution in [2.24, 2.45) is 0 Å². The zero-order chi connectivity index (χ0) is 18.4. The highest BCUT2D eigenvalue weighted by Crippen LogP contribution is 2.31. The Labute approximate surface area is 151 Å². The molecule has 25 heavy (non-hydrogen) atoms. The van der Waals surface area contributed by atoms with Gasteiger partial charge in [-0.05, 0) is 64.0 Å². The maximum absolute atomic E-state index is 13.4. The van der Waals surface area contributed by atoms with Crippen LogP contribution in [0.25, 0.3) is 0 Å². The molecule has 1 saturated heterocycles. The van der Waals surface area contributed by atoms with E-state index in [0.29, 0.717) is 25.3 Å². The Morgan fingerprint density at radius 2 is 1.92 bits per heavy atom. The number of likely N-dealkylation sites (tertiary alicyclic amines) is 1. The first-order valence-corrected chi connectivity index (χ1v) is 10.2. The monoisotopic (exact) mass is 370 g/mol. The third-order valence-corrected chi connectivity index (χ3v) is 6.72. The van der Waals surface area contributed by atoms with E-state index in [2.05, 4.69) is 11.9 Å². The van der Waals surface area contributed by atoms with E-state index in [4.69, 9.17) is 9.47 Å². The summed E-state index contributed by atoms with van der Waals surface area (Å²) in [6, 6.07) is 5.26. The number of hydrogen-bond acceptors (Lipinski definition) is 5. The number of methoxy groups -OCH3 is 2. The summed E-state index contributed by atoms with van der Waals surface area (Å²) in [5, 5.41) is 0. The molecule has 1 aromatic rings. The van der Waals surface area contributed by atoms with Gasteiger partial charge in [-0.1, -0.05) is 6.07 Å². The van der Waals surface area contributed by atoms with E-state index in [1.54, 1.807) is 23.5 Å².